The van der Waals surface area contributed by atoms with Crippen LogP contribution in [0.25, 0.3) is 0 Å². The lowest BCUT2D eigenvalue weighted by Crippen LogP contribution is -2.23. The summed E-state index contributed by atoms with van der Waals surface area (Å²) in [6.07, 6.45) is 6.13. The van der Waals surface area contributed by atoms with Crippen molar-refractivity contribution in [1.82, 2.24) is 20.1 Å². The minimum Gasteiger partial charge on any atom is -0.289 e. The Labute approximate surface area is 101 Å². The third kappa shape index (κ3) is 2.22. The molecule has 2 aromatic rings. The standard InChI is InChI=1S/C13H16N4/c1-2-7-14-11(4-1)10-17-9-3-5-13(17)12-6-8-15-16-12/h1-2,4,6-8,13H,3,5,9-10H2,(H,15,16)/t13-/m0/s1. The number of rotatable bonds is 3. The molecule has 4 nitrogen and oxygen atoms in total. The van der Waals surface area contributed by atoms with Crippen molar-refractivity contribution < 1.29 is 0 Å². The van der Waals surface area contributed by atoms with Crippen molar-refractivity contribution in [3.8, 4) is 0 Å². The average molecular weight is 228 g/mol. The molecule has 3 heterocycles. The van der Waals surface area contributed by atoms with Crippen LogP contribution in [0.15, 0.2) is 36.7 Å². The molecule has 0 amide bonds. The molecule has 1 N–H and O–H groups in total. The highest BCUT2D eigenvalue weighted by Gasteiger charge is 2.26. The molecule has 0 aromatic carbocycles. The highest BCUT2D eigenvalue weighted by molar-refractivity contribution is 5.09. The Bertz CT molecular complexity index is 452. The largest absolute Gasteiger partial charge is 0.289 e. The molecule has 88 valence electrons. The molecule has 1 aliphatic heterocycles. The van der Waals surface area contributed by atoms with Gasteiger partial charge in [0.25, 0.3) is 0 Å². The van der Waals surface area contributed by atoms with Crippen LogP contribution >= 0.6 is 0 Å². The van der Waals surface area contributed by atoms with Crippen LogP contribution in [0.2, 0.25) is 0 Å². The van der Waals surface area contributed by atoms with Crippen LogP contribution in [0.3, 0.4) is 0 Å². The normalized spacial score (nSPS) is 20.8. The summed E-state index contributed by atoms with van der Waals surface area (Å²) in [5.74, 6) is 0. The number of likely N-dealkylation sites (tertiary alicyclic amines) is 1. The van der Waals surface area contributed by atoms with Crippen LogP contribution in [0, 0.1) is 0 Å². The highest BCUT2D eigenvalue weighted by atomic mass is 15.2. The lowest BCUT2D eigenvalue weighted by atomic mass is 10.1. The third-order valence-electron chi connectivity index (χ3n) is 3.34. The first-order chi connectivity index (χ1) is 8.43. The molecule has 4 heteroatoms. The summed E-state index contributed by atoms with van der Waals surface area (Å²) in [5, 5.41) is 7.12. The van der Waals surface area contributed by atoms with Gasteiger partial charge in [0.05, 0.1) is 17.4 Å². The number of hydrogen-bond acceptors (Lipinski definition) is 3. The lowest BCUT2D eigenvalue weighted by Gasteiger charge is -2.22. The van der Waals surface area contributed by atoms with Gasteiger partial charge in [0, 0.05) is 18.9 Å². The van der Waals surface area contributed by atoms with Gasteiger partial charge in [0.1, 0.15) is 0 Å². The number of aromatic amines is 1. The fourth-order valence-corrected chi connectivity index (χ4v) is 2.52. The van der Waals surface area contributed by atoms with Crippen molar-refractivity contribution >= 4 is 0 Å². The van der Waals surface area contributed by atoms with Crippen molar-refractivity contribution in [3.63, 3.8) is 0 Å². The van der Waals surface area contributed by atoms with E-state index < -0.39 is 0 Å². The van der Waals surface area contributed by atoms with Gasteiger partial charge in [-0.1, -0.05) is 6.07 Å². The van der Waals surface area contributed by atoms with Gasteiger partial charge in [-0.15, -0.1) is 0 Å². The Hall–Kier alpha value is -1.68. The number of H-pyrrole nitrogens is 1. The lowest BCUT2D eigenvalue weighted by molar-refractivity contribution is 0.241. The molecule has 0 bridgehead atoms. The smallest absolute Gasteiger partial charge is 0.0544 e. The predicted molar refractivity (Wildman–Crippen MR) is 65.2 cm³/mol. The van der Waals surface area contributed by atoms with E-state index in [4.69, 9.17) is 0 Å². The van der Waals surface area contributed by atoms with Crippen molar-refractivity contribution in [3.05, 3.63) is 48.0 Å². The molecule has 2 aromatic heterocycles. The average Bonchev–Trinajstić information content (AvgIpc) is 3.00. The second-order valence-electron chi connectivity index (χ2n) is 4.46. The molecule has 0 unspecified atom stereocenters. The summed E-state index contributed by atoms with van der Waals surface area (Å²) in [6, 6.07) is 8.63. The SMILES string of the molecule is c1ccc(CN2CCC[C@H]2c2ccn[nH]2)nc1. The van der Waals surface area contributed by atoms with E-state index >= 15 is 0 Å². The number of pyridine rings is 1. The maximum absolute atomic E-state index is 4.39. The topological polar surface area (TPSA) is 44.8 Å². The van der Waals surface area contributed by atoms with Crippen molar-refractivity contribution in [2.75, 3.05) is 6.54 Å². The Morgan fingerprint density at radius 2 is 2.29 bits per heavy atom. The van der Waals surface area contributed by atoms with Gasteiger partial charge in [-0.05, 0) is 37.6 Å². The predicted octanol–water partition coefficient (Wildman–Crippen LogP) is 2.14. The Kier molecular flexibility index (Phi) is 2.88. The fourth-order valence-electron chi connectivity index (χ4n) is 2.52. The van der Waals surface area contributed by atoms with E-state index in [1.807, 2.05) is 24.5 Å². The van der Waals surface area contributed by atoms with E-state index in [-0.39, 0.29) is 0 Å². The Morgan fingerprint density at radius 3 is 3.06 bits per heavy atom. The number of hydrogen-bond donors (Lipinski definition) is 1. The molecular weight excluding hydrogens is 212 g/mol. The summed E-state index contributed by atoms with van der Waals surface area (Å²) in [4.78, 5) is 6.86. The van der Waals surface area contributed by atoms with E-state index in [2.05, 4.69) is 32.2 Å². The molecule has 0 aliphatic carbocycles. The van der Waals surface area contributed by atoms with E-state index in [1.54, 1.807) is 0 Å². The van der Waals surface area contributed by atoms with E-state index in [1.165, 1.54) is 18.5 Å². The van der Waals surface area contributed by atoms with E-state index in [0.29, 0.717) is 6.04 Å². The van der Waals surface area contributed by atoms with Gasteiger partial charge in [-0.2, -0.15) is 5.10 Å². The molecule has 1 aliphatic rings. The zero-order valence-corrected chi connectivity index (χ0v) is 9.71. The van der Waals surface area contributed by atoms with Crippen LogP contribution < -0.4 is 0 Å². The van der Waals surface area contributed by atoms with Crippen LogP contribution in [0.5, 0.6) is 0 Å². The molecule has 0 radical (unpaired) electrons. The monoisotopic (exact) mass is 228 g/mol. The summed E-state index contributed by atoms with van der Waals surface area (Å²) in [7, 11) is 0. The van der Waals surface area contributed by atoms with Gasteiger partial charge in [-0.25, -0.2) is 0 Å². The first-order valence-corrected chi connectivity index (χ1v) is 6.07. The molecule has 1 atom stereocenters. The molecule has 3 rings (SSSR count). The van der Waals surface area contributed by atoms with Crippen LogP contribution in [0.1, 0.15) is 30.3 Å². The van der Waals surface area contributed by atoms with Gasteiger partial charge in [0.15, 0.2) is 0 Å². The van der Waals surface area contributed by atoms with E-state index in [9.17, 15) is 0 Å². The van der Waals surface area contributed by atoms with Gasteiger partial charge < -0.3 is 0 Å². The minimum absolute atomic E-state index is 0.472. The highest BCUT2D eigenvalue weighted by Crippen LogP contribution is 2.31. The Morgan fingerprint density at radius 1 is 1.29 bits per heavy atom. The number of aromatic nitrogens is 3. The maximum atomic E-state index is 4.39. The van der Waals surface area contributed by atoms with Crippen LogP contribution in [-0.2, 0) is 6.54 Å². The first-order valence-electron chi connectivity index (χ1n) is 6.07. The molecule has 1 saturated heterocycles. The fraction of sp³-hybridized carbons (Fsp3) is 0.385. The molecule has 0 spiro atoms. The quantitative estimate of drug-likeness (QED) is 0.875. The minimum atomic E-state index is 0.472. The summed E-state index contributed by atoms with van der Waals surface area (Å²) >= 11 is 0. The summed E-state index contributed by atoms with van der Waals surface area (Å²) in [6.45, 7) is 2.06. The second-order valence-corrected chi connectivity index (χ2v) is 4.46. The Balaban J connectivity index is 1.75. The van der Waals surface area contributed by atoms with Gasteiger partial charge >= 0.3 is 0 Å². The van der Waals surface area contributed by atoms with Crippen LogP contribution in [0.4, 0.5) is 0 Å². The van der Waals surface area contributed by atoms with Crippen molar-refractivity contribution in [2.45, 2.75) is 25.4 Å². The zero-order valence-electron chi connectivity index (χ0n) is 9.71. The van der Waals surface area contributed by atoms with Gasteiger partial charge in [0.2, 0.25) is 0 Å². The van der Waals surface area contributed by atoms with Crippen LogP contribution in [-0.4, -0.2) is 26.6 Å². The molecule has 17 heavy (non-hydrogen) atoms. The first kappa shape index (κ1) is 10.5. The summed E-state index contributed by atoms with van der Waals surface area (Å²) in [5.41, 5.74) is 2.36. The molecular formula is C13H16N4. The molecule has 1 fully saturated rings. The van der Waals surface area contributed by atoms with E-state index in [0.717, 1.165) is 18.8 Å². The molecule has 0 saturated carbocycles. The van der Waals surface area contributed by atoms with Crippen molar-refractivity contribution in [2.24, 2.45) is 0 Å². The third-order valence-corrected chi connectivity index (χ3v) is 3.34. The maximum Gasteiger partial charge on any atom is 0.0544 e. The summed E-state index contributed by atoms with van der Waals surface area (Å²) < 4.78 is 0. The number of nitrogens with zero attached hydrogens (tertiary/aromatic N) is 3. The number of nitrogens with one attached hydrogen (secondary N) is 1. The van der Waals surface area contributed by atoms with Crippen molar-refractivity contribution in [1.29, 1.82) is 0 Å². The van der Waals surface area contributed by atoms with Gasteiger partial charge in [-0.3, -0.25) is 15.0 Å². The zero-order chi connectivity index (χ0) is 11.5. The second kappa shape index (κ2) is 4.67.